The SMILES string of the molecule is C=C=COc1cccc(OC)c1. The second-order valence-corrected chi connectivity index (χ2v) is 2.12. The van der Waals surface area contributed by atoms with Crippen LogP contribution in [0, 0.1) is 0 Å². The van der Waals surface area contributed by atoms with Crippen LogP contribution >= 0.6 is 0 Å². The molecule has 0 amide bonds. The van der Waals surface area contributed by atoms with E-state index in [1.165, 1.54) is 6.26 Å². The van der Waals surface area contributed by atoms with E-state index in [1.807, 2.05) is 18.2 Å². The Morgan fingerprint density at radius 1 is 1.42 bits per heavy atom. The van der Waals surface area contributed by atoms with Crippen LogP contribution in [0.5, 0.6) is 11.5 Å². The molecule has 2 nitrogen and oxygen atoms in total. The minimum Gasteiger partial charge on any atom is -0.497 e. The fourth-order valence-corrected chi connectivity index (χ4v) is 0.784. The molecule has 0 atom stereocenters. The van der Waals surface area contributed by atoms with Crippen LogP contribution < -0.4 is 9.47 Å². The predicted molar refractivity (Wildman–Crippen MR) is 47.3 cm³/mol. The molecule has 0 saturated heterocycles. The molecule has 0 aliphatic heterocycles. The Hall–Kier alpha value is -1.66. The lowest BCUT2D eigenvalue weighted by molar-refractivity contribution is 0.409. The zero-order valence-electron chi connectivity index (χ0n) is 6.91. The van der Waals surface area contributed by atoms with Gasteiger partial charge >= 0.3 is 0 Å². The van der Waals surface area contributed by atoms with E-state index in [-0.39, 0.29) is 0 Å². The highest BCUT2D eigenvalue weighted by Gasteiger charge is 1.92. The van der Waals surface area contributed by atoms with E-state index in [2.05, 4.69) is 12.3 Å². The van der Waals surface area contributed by atoms with Crippen molar-refractivity contribution < 1.29 is 9.47 Å². The summed E-state index contributed by atoms with van der Waals surface area (Å²) >= 11 is 0. The van der Waals surface area contributed by atoms with Crippen molar-refractivity contribution in [2.24, 2.45) is 0 Å². The van der Waals surface area contributed by atoms with Gasteiger partial charge < -0.3 is 9.47 Å². The fourth-order valence-electron chi connectivity index (χ4n) is 0.784. The molecular formula is C10H10O2. The normalized spacial score (nSPS) is 8.42. The standard InChI is InChI=1S/C10H10O2/c1-3-7-12-10-6-4-5-9(8-10)11-2/h4-8H,1H2,2H3. The van der Waals surface area contributed by atoms with Gasteiger partial charge in [0.15, 0.2) is 0 Å². The van der Waals surface area contributed by atoms with Gasteiger partial charge in [0.25, 0.3) is 0 Å². The van der Waals surface area contributed by atoms with Crippen LogP contribution in [0.2, 0.25) is 0 Å². The van der Waals surface area contributed by atoms with Crippen molar-refractivity contribution in [2.75, 3.05) is 7.11 Å². The molecule has 0 bridgehead atoms. The van der Waals surface area contributed by atoms with Gasteiger partial charge in [0.05, 0.1) is 7.11 Å². The average molecular weight is 162 g/mol. The van der Waals surface area contributed by atoms with Gasteiger partial charge in [-0.3, -0.25) is 0 Å². The molecule has 1 aromatic carbocycles. The first-order chi connectivity index (χ1) is 5.86. The van der Waals surface area contributed by atoms with E-state index >= 15 is 0 Å². The van der Waals surface area contributed by atoms with Gasteiger partial charge in [-0.1, -0.05) is 18.4 Å². The molecule has 1 rings (SSSR count). The number of hydrogen-bond donors (Lipinski definition) is 0. The average Bonchev–Trinajstić information content (AvgIpc) is 2.15. The van der Waals surface area contributed by atoms with Gasteiger partial charge in [0, 0.05) is 6.07 Å². The first-order valence-electron chi connectivity index (χ1n) is 3.52. The number of benzene rings is 1. The van der Waals surface area contributed by atoms with Crippen LogP contribution in [0.25, 0.3) is 0 Å². The smallest absolute Gasteiger partial charge is 0.133 e. The first-order valence-corrected chi connectivity index (χ1v) is 3.52. The van der Waals surface area contributed by atoms with Crippen LogP contribution in [0.4, 0.5) is 0 Å². The Morgan fingerprint density at radius 2 is 2.17 bits per heavy atom. The van der Waals surface area contributed by atoms with Gasteiger partial charge in [-0.2, -0.15) is 0 Å². The van der Waals surface area contributed by atoms with Crippen molar-refractivity contribution in [3.05, 3.63) is 42.8 Å². The summed E-state index contributed by atoms with van der Waals surface area (Å²) in [6.07, 6.45) is 1.40. The van der Waals surface area contributed by atoms with E-state index in [9.17, 15) is 0 Å². The van der Waals surface area contributed by atoms with Crippen LogP contribution in [-0.2, 0) is 0 Å². The van der Waals surface area contributed by atoms with Gasteiger partial charge in [0.2, 0.25) is 0 Å². The number of hydrogen-bond acceptors (Lipinski definition) is 2. The molecular weight excluding hydrogens is 152 g/mol. The Balaban J connectivity index is 2.78. The lowest BCUT2D eigenvalue weighted by atomic mass is 10.3. The Bertz CT molecular complexity index is 298. The molecule has 0 unspecified atom stereocenters. The summed E-state index contributed by atoms with van der Waals surface area (Å²) in [4.78, 5) is 0. The molecule has 0 fully saturated rings. The van der Waals surface area contributed by atoms with E-state index in [0.29, 0.717) is 5.75 Å². The summed E-state index contributed by atoms with van der Waals surface area (Å²) in [5.41, 5.74) is 2.52. The summed E-state index contributed by atoms with van der Waals surface area (Å²) in [6.45, 7) is 3.38. The summed E-state index contributed by atoms with van der Waals surface area (Å²) in [5.74, 6) is 1.48. The van der Waals surface area contributed by atoms with Crippen molar-refractivity contribution in [3.63, 3.8) is 0 Å². The highest BCUT2D eigenvalue weighted by molar-refractivity contribution is 5.33. The molecule has 12 heavy (non-hydrogen) atoms. The quantitative estimate of drug-likeness (QED) is 0.501. The van der Waals surface area contributed by atoms with Crippen LogP contribution in [0.15, 0.2) is 42.8 Å². The largest absolute Gasteiger partial charge is 0.497 e. The van der Waals surface area contributed by atoms with Gasteiger partial charge in [-0.05, 0) is 12.1 Å². The second-order valence-electron chi connectivity index (χ2n) is 2.12. The third-order valence-electron chi connectivity index (χ3n) is 1.32. The Morgan fingerprint density at radius 3 is 2.83 bits per heavy atom. The molecule has 0 aliphatic carbocycles. The van der Waals surface area contributed by atoms with Crippen molar-refractivity contribution in [1.29, 1.82) is 0 Å². The molecule has 62 valence electrons. The van der Waals surface area contributed by atoms with Crippen molar-refractivity contribution in [3.8, 4) is 11.5 Å². The topological polar surface area (TPSA) is 18.5 Å². The predicted octanol–water partition coefficient (Wildman–Crippen LogP) is 2.37. The summed E-state index contributed by atoms with van der Waals surface area (Å²) < 4.78 is 10.1. The molecule has 1 aromatic rings. The van der Waals surface area contributed by atoms with Crippen LogP contribution in [0.3, 0.4) is 0 Å². The monoisotopic (exact) mass is 162 g/mol. The van der Waals surface area contributed by atoms with Crippen molar-refractivity contribution in [2.45, 2.75) is 0 Å². The number of rotatable bonds is 3. The Kier molecular flexibility index (Phi) is 3.00. The molecule has 2 heteroatoms. The third-order valence-corrected chi connectivity index (χ3v) is 1.32. The van der Waals surface area contributed by atoms with Crippen molar-refractivity contribution in [1.82, 2.24) is 0 Å². The second kappa shape index (κ2) is 4.27. The minimum absolute atomic E-state index is 0.713. The minimum atomic E-state index is 0.713. The van der Waals surface area contributed by atoms with Crippen LogP contribution in [-0.4, -0.2) is 7.11 Å². The van der Waals surface area contributed by atoms with E-state index in [0.717, 1.165) is 5.75 Å². The molecule has 0 aromatic heterocycles. The van der Waals surface area contributed by atoms with Crippen LogP contribution in [0.1, 0.15) is 0 Å². The molecule has 0 N–H and O–H groups in total. The van der Waals surface area contributed by atoms with Gasteiger partial charge in [-0.25, -0.2) is 0 Å². The van der Waals surface area contributed by atoms with Gasteiger partial charge in [-0.15, -0.1) is 0 Å². The molecule has 0 spiro atoms. The molecule has 0 aliphatic rings. The van der Waals surface area contributed by atoms with Gasteiger partial charge in [0.1, 0.15) is 17.8 Å². The van der Waals surface area contributed by atoms with Crippen molar-refractivity contribution >= 4 is 0 Å². The Labute approximate surface area is 71.7 Å². The van der Waals surface area contributed by atoms with E-state index in [1.54, 1.807) is 13.2 Å². The number of ether oxygens (including phenoxy) is 2. The first kappa shape index (κ1) is 8.44. The summed E-state index contributed by atoms with van der Waals surface area (Å²) in [5, 5.41) is 0. The maximum Gasteiger partial charge on any atom is 0.133 e. The maximum absolute atomic E-state index is 5.12. The lowest BCUT2D eigenvalue weighted by Gasteiger charge is -2.01. The maximum atomic E-state index is 5.12. The molecule has 0 heterocycles. The summed E-state index contributed by atoms with van der Waals surface area (Å²) in [6, 6.07) is 7.32. The zero-order chi connectivity index (χ0) is 8.81. The highest BCUT2D eigenvalue weighted by Crippen LogP contribution is 2.18. The summed E-state index contributed by atoms with van der Waals surface area (Å²) in [7, 11) is 1.61. The highest BCUT2D eigenvalue weighted by atomic mass is 16.5. The lowest BCUT2D eigenvalue weighted by Crippen LogP contribution is -1.84. The molecule has 0 saturated carbocycles. The third kappa shape index (κ3) is 2.19. The zero-order valence-corrected chi connectivity index (χ0v) is 6.91. The molecule has 0 radical (unpaired) electrons. The van der Waals surface area contributed by atoms with E-state index < -0.39 is 0 Å². The number of methoxy groups -OCH3 is 1. The van der Waals surface area contributed by atoms with E-state index in [4.69, 9.17) is 9.47 Å². The fraction of sp³-hybridized carbons (Fsp3) is 0.100.